The second kappa shape index (κ2) is 7.80. The van der Waals surface area contributed by atoms with Crippen molar-refractivity contribution in [1.82, 2.24) is 5.32 Å². The molecule has 138 valence electrons. The van der Waals surface area contributed by atoms with Crippen LogP contribution in [0.15, 0.2) is 46.4 Å². The number of carbonyl (C=O) groups is 2. The topological polar surface area (TPSA) is 69.6 Å². The lowest BCUT2D eigenvalue weighted by atomic mass is 10.1. The molecule has 0 unspecified atom stereocenters. The zero-order chi connectivity index (χ0) is 19.7. The van der Waals surface area contributed by atoms with E-state index < -0.39 is 11.8 Å². The molecule has 0 radical (unpaired) electrons. The molecule has 2 amide bonds. The smallest absolute Gasteiger partial charge is 0.270 e. The molecule has 0 bridgehead atoms. The molecule has 3 rings (SSSR count). The van der Waals surface area contributed by atoms with Crippen molar-refractivity contribution in [3.05, 3.63) is 62.6 Å². The second-order valence-electron chi connectivity index (χ2n) is 5.81. The third-order valence-corrected chi connectivity index (χ3v) is 5.23. The van der Waals surface area contributed by atoms with Gasteiger partial charge in [0.15, 0.2) is 5.11 Å². The quantitative estimate of drug-likeness (QED) is 0.405. The van der Waals surface area contributed by atoms with Gasteiger partial charge >= 0.3 is 0 Å². The average Bonchev–Trinajstić information content (AvgIpc) is 2.63. The summed E-state index contributed by atoms with van der Waals surface area (Å²) in [5.74, 6) is -1.24. The Kier molecular flexibility index (Phi) is 5.64. The fourth-order valence-corrected chi connectivity index (χ4v) is 3.71. The Morgan fingerprint density at radius 3 is 2.52 bits per heavy atom. The molecular formula is C19H14BrClN2O3S. The molecule has 1 aliphatic heterocycles. The lowest BCUT2D eigenvalue weighted by Gasteiger charge is -2.29. The fourth-order valence-electron chi connectivity index (χ4n) is 2.61. The zero-order valence-electron chi connectivity index (χ0n) is 14.1. The number of hydrogen-bond donors (Lipinski definition) is 2. The SMILES string of the molecule is CCc1ccc(N2C(=O)/C(=C/c3cc(Cl)c(O)c(Br)c3)C(=O)NC2=S)cc1. The molecule has 1 saturated heterocycles. The van der Waals surface area contributed by atoms with Gasteiger partial charge in [-0.15, -0.1) is 0 Å². The number of rotatable bonds is 3. The molecule has 2 N–H and O–H groups in total. The number of thiocarbonyl (C=S) groups is 1. The molecule has 8 heteroatoms. The summed E-state index contributed by atoms with van der Waals surface area (Å²) in [6.45, 7) is 2.04. The van der Waals surface area contributed by atoms with Crippen LogP contribution in [0.2, 0.25) is 5.02 Å². The Morgan fingerprint density at radius 2 is 1.93 bits per heavy atom. The average molecular weight is 466 g/mol. The van der Waals surface area contributed by atoms with E-state index in [-0.39, 0.29) is 21.5 Å². The molecule has 0 saturated carbocycles. The fraction of sp³-hybridized carbons (Fsp3) is 0.105. The van der Waals surface area contributed by atoms with E-state index in [4.69, 9.17) is 23.8 Å². The Morgan fingerprint density at radius 1 is 1.26 bits per heavy atom. The highest BCUT2D eigenvalue weighted by atomic mass is 79.9. The summed E-state index contributed by atoms with van der Waals surface area (Å²) in [7, 11) is 0. The summed E-state index contributed by atoms with van der Waals surface area (Å²) in [6.07, 6.45) is 2.28. The van der Waals surface area contributed by atoms with E-state index in [0.29, 0.717) is 15.7 Å². The molecule has 2 aromatic rings. The number of phenolic OH excluding ortho intramolecular Hbond substituents is 1. The number of nitrogens with one attached hydrogen (secondary N) is 1. The van der Waals surface area contributed by atoms with Crippen molar-refractivity contribution in [2.24, 2.45) is 0 Å². The summed E-state index contributed by atoms with van der Waals surface area (Å²) < 4.78 is 0.355. The van der Waals surface area contributed by atoms with Crippen LogP contribution in [-0.2, 0) is 16.0 Å². The molecule has 0 spiro atoms. The first-order valence-electron chi connectivity index (χ1n) is 8.00. The first-order valence-corrected chi connectivity index (χ1v) is 9.58. The lowest BCUT2D eigenvalue weighted by Crippen LogP contribution is -2.54. The highest BCUT2D eigenvalue weighted by Gasteiger charge is 2.34. The van der Waals surface area contributed by atoms with Crippen LogP contribution in [0.25, 0.3) is 6.08 Å². The summed E-state index contributed by atoms with van der Waals surface area (Å²) in [6, 6.07) is 10.4. The van der Waals surface area contributed by atoms with Gasteiger partial charge in [-0.2, -0.15) is 0 Å². The molecule has 1 heterocycles. The molecule has 27 heavy (non-hydrogen) atoms. The number of phenols is 1. The van der Waals surface area contributed by atoms with E-state index in [1.54, 1.807) is 18.2 Å². The van der Waals surface area contributed by atoms with Crippen LogP contribution in [0.1, 0.15) is 18.1 Å². The minimum atomic E-state index is -0.591. The Hall–Kier alpha value is -2.22. The van der Waals surface area contributed by atoms with Gasteiger partial charge in [0.2, 0.25) is 0 Å². The molecule has 5 nitrogen and oxygen atoms in total. The third kappa shape index (κ3) is 3.90. The van der Waals surface area contributed by atoms with Gasteiger partial charge in [0.1, 0.15) is 11.3 Å². The maximum absolute atomic E-state index is 13.0. The van der Waals surface area contributed by atoms with Crippen LogP contribution >= 0.6 is 39.7 Å². The highest BCUT2D eigenvalue weighted by Crippen LogP contribution is 2.34. The Bertz CT molecular complexity index is 966. The van der Waals surface area contributed by atoms with E-state index in [1.165, 1.54) is 17.0 Å². The van der Waals surface area contributed by atoms with Crippen LogP contribution in [-0.4, -0.2) is 22.0 Å². The van der Waals surface area contributed by atoms with Gasteiger partial charge in [0, 0.05) is 0 Å². The maximum atomic E-state index is 13.0. The normalized spacial score (nSPS) is 16.0. The van der Waals surface area contributed by atoms with Crippen molar-refractivity contribution in [3.63, 3.8) is 0 Å². The highest BCUT2D eigenvalue weighted by molar-refractivity contribution is 9.10. The minimum Gasteiger partial charge on any atom is -0.505 e. The van der Waals surface area contributed by atoms with E-state index in [2.05, 4.69) is 21.2 Å². The molecule has 0 aliphatic carbocycles. The number of aromatic hydroxyl groups is 1. The predicted molar refractivity (Wildman–Crippen MR) is 113 cm³/mol. The number of anilines is 1. The standard InChI is InChI=1S/C19H14BrClN2O3S/c1-2-10-3-5-12(6-4-10)23-18(26)13(17(25)22-19(23)27)7-11-8-14(20)16(24)15(21)9-11/h3-9,24H,2H2,1H3,(H,22,25,27)/b13-7+. The van der Waals surface area contributed by atoms with E-state index in [1.807, 2.05) is 19.1 Å². The molecule has 1 fully saturated rings. The van der Waals surface area contributed by atoms with Gasteiger partial charge in [-0.3, -0.25) is 19.8 Å². The first-order chi connectivity index (χ1) is 12.8. The monoisotopic (exact) mass is 464 g/mol. The number of amides is 2. The lowest BCUT2D eigenvalue weighted by molar-refractivity contribution is -0.122. The number of halogens is 2. The van der Waals surface area contributed by atoms with Crippen LogP contribution in [0.5, 0.6) is 5.75 Å². The van der Waals surface area contributed by atoms with Crippen LogP contribution in [0, 0.1) is 0 Å². The van der Waals surface area contributed by atoms with Crippen molar-refractivity contribution in [3.8, 4) is 5.75 Å². The second-order valence-corrected chi connectivity index (χ2v) is 7.46. The first kappa shape index (κ1) is 19.5. The Labute approximate surface area is 174 Å². The molecule has 0 atom stereocenters. The Balaban J connectivity index is 2.01. The molecular weight excluding hydrogens is 452 g/mol. The number of carbonyl (C=O) groups excluding carboxylic acids is 2. The number of aryl methyl sites for hydroxylation is 1. The van der Waals surface area contributed by atoms with Crippen molar-refractivity contribution in [2.45, 2.75) is 13.3 Å². The zero-order valence-corrected chi connectivity index (χ0v) is 17.3. The van der Waals surface area contributed by atoms with Gasteiger partial charge in [0.25, 0.3) is 11.8 Å². The number of benzene rings is 2. The van der Waals surface area contributed by atoms with Crippen molar-refractivity contribution >= 4 is 68.4 Å². The minimum absolute atomic E-state index is 0.0244. The van der Waals surface area contributed by atoms with Crippen LogP contribution < -0.4 is 10.2 Å². The van der Waals surface area contributed by atoms with Crippen LogP contribution in [0.3, 0.4) is 0 Å². The van der Waals surface area contributed by atoms with Gasteiger partial charge in [0.05, 0.1) is 15.2 Å². The third-order valence-electron chi connectivity index (χ3n) is 4.05. The number of nitrogens with zero attached hydrogens (tertiary/aromatic N) is 1. The molecule has 2 aromatic carbocycles. The maximum Gasteiger partial charge on any atom is 0.270 e. The van der Waals surface area contributed by atoms with E-state index in [0.717, 1.165) is 12.0 Å². The summed E-state index contributed by atoms with van der Waals surface area (Å²) in [5.41, 5.74) is 2.09. The molecule has 0 aromatic heterocycles. The van der Waals surface area contributed by atoms with Gasteiger partial charge in [-0.1, -0.05) is 30.7 Å². The van der Waals surface area contributed by atoms with Crippen LogP contribution in [0.4, 0.5) is 5.69 Å². The van der Waals surface area contributed by atoms with Gasteiger partial charge in [-0.05, 0) is 76.0 Å². The van der Waals surface area contributed by atoms with Gasteiger partial charge in [-0.25, -0.2) is 0 Å². The number of hydrogen-bond acceptors (Lipinski definition) is 4. The largest absolute Gasteiger partial charge is 0.505 e. The molecule has 1 aliphatic rings. The summed E-state index contributed by atoms with van der Waals surface area (Å²) in [5, 5.41) is 12.4. The van der Waals surface area contributed by atoms with Crippen molar-refractivity contribution in [2.75, 3.05) is 4.90 Å². The van der Waals surface area contributed by atoms with Gasteiger partial charge < -0.3 is 5.11 Å². The van der Waals surface area contributed by atoms with Crippen molar-refractivity contribution < 1.29 is 14.7 Å². The summed E-state index contributed by atoms with van der Waals surface area (Å²) in [4.78, 5) is 26.6. The van der Waals surface area contributed by atoms with E-state index >= 15 is 0 Å². The van der Waals surface area contributed by atoms with E-state index in [9.17, 15) is 14.7 Å². The van der Waals surface area contributed by atoms with Crippen molar-refractivity contribution in [1.29, 1.82) is 0 Å². The summed E-state index contributed by atoms with van der Waals surface area (Å²) >= 11 is 14.3. The predicted octanol–water partition coefficient (Wildman–Crippen LogP) is 4.20.